The number of benzene rings is 3. The number of ether oxygens (including phenoxy) is 1. The number of rotatable bonds is 8. The topological polar surface area (TPSA) is 162 Å². The summed E-state index contributed by atoms with van der Waals surface area (Å²) in [5.41, 5.74) is -5.51. The van der Waals surface area contributed by atoms with Crippen LogP contribution in [0.1, 0.15) is 29.6 Å². The van der Waals surface area contributed by atoms with Crippen LogP contribution in [-0.4, -0.2) is 47.3 Å². The molecule has 240 valence electrons. The molecule has 0 spiro atoms. The monoisotopic (exact) mass is 669 g/mol. The maximum Gasteiger partial charge on any atom is 0.501 e. The van der Waals surface area contributed by atoms with Gasteiger partial charge in [-0.2, -0.15) is 13.2 Å². The Balaban J connectivity index is 1.40. The number of nitrogens with one attached hydrogen (secondary N) is 2. The molecule has 0 aromatic heterocycles. The minimum absolute atomic E-state index is 0.0298. The van der Waals surface area contributed by atoms with Crippen LogP contribution in [0.3, 0.4) is 0 Å². The first-order valence-electron chi connectivity index (χ1n) is 13.5. The highest BCUT2D eigenvalue weighted by molar-refractivity contribution is 7.92. The average molecular weight is 670 g/mol. The van der Waals surface area contributed by atoms with Gasteiger partial charge in [0.25, 0.3) is 15.7 Å². The van der Waals surface area contributed by atoms with Gasteiger partial charge in [0.1, 0.15) is 11.6 Å². The van der Waals surface area contributed by atoms with E-state index < -0.39 is 59.9 Å². The Bertz CT molecular complexity index is 1880. The van der Waals surface area contributed by atoms with Gasteiger partial charge in [-0.05, 0) is 73.1 Å². The first-order valence-corrected chi connectivity index (χ1v) is 16.6. The fraction of sp³-hybridized carbons (Fsp3) is 0.310. The molecule has 2 aliphatic rings. The minimum atomic E-state index is -5.64. The van der Waals surface area contributed by atoms with E-state index in [1.807, 2.05) is 0 Å². The number of nitrogens with two attached hydrogens (primary N) is 1. The molecule has 0 radical (unpaired) electrons. The predicted molar refractivity (Wildman–Crippen MR) is 154 cm³/mol. The number of amides is 2. The molecule has 16 heteroatoms. The molecular weight excluding hydrogens is 642 g/mol. The summed E-state index contributed by atoms with van der Waals surface area (Å²) in [5.74, 6) is -3.15. The van der Waals surface area contributed by atoms with E-state index in [2.05, 4.69) is 10.6 Å². The molecule has 2 saturated carbocycles. The molecule has 0 unspecified atom stereocenters. The van der Waals surface area contributed by atoms with Crippen molar-refractivity contribution in [1.29, 1.82) is 0 Å². The molecule has 4 atom stereocenters. The molecular formula is C29H27F4N3O7S2. The smallest absolute Gasteiger partial charge is 0.496 e. The summed E-state index contributed by atoms with van der Waals surface area (Å²) in [6.45, 7) is 0. The maximum absolute atomic E-state index is 15.1. The number of carbonyl (C=O) groups excluding carboxylic acids is 2. The zero-order chi connectivity index (χ0) is 32.9. The molecule has 3 aromatic rings. The summed E-state index contributed by atoms with van der Waals surface area (Å²) in [4.78, 5) is 25.8. The summed E-state index contributed by atoms with van der Waals surface area (Å²) < 4.78 is 106. The lowest BCUT2D eigenvalue weighted by Crippen LogP contribution is -2.48. The van der Waals surface area contributed by atoms with Gasteiger partial charge < -0.3 is 15.4 Å². The highest BCUT2D eigenvalue weighted by Gasteiger charge is 2.52. The Morgan fingerprint density at radius 1 is 0.933 bits per heavy atom. The van der Waals surface area contributed by atoms with Crippen molar-refractivity contribution in [2.45, 2.75) is 40.6 Å². The van der Waals surface area contributed by atoms with Gasteiger partial charge in [0.2, 0.25) is 15.9 Å². The van der Waals surface area contributed by atoms with Crippen molar-refractivity contribution in [3.8, 4) is 16.9 Å². The second kappa shape index (κ2) is 11.7. The Labute approximate surface area is 255 Å². The van der Waals surface area contributed by atoms with Crippen LogP contribution >= 0.6 is 0 Å². The molecule has 2 aliphatic carbocycles. The van der Waals surface area contributed by atoms with Crippen LogP contribution in [0.15, 0.2) is 70.5 Å². The summed E-state index contributed by atoms with van der Waals surface area (Å²) in [5, 5.41) is 10.5. The van der Waals surface area contributed by atoms with Crippen molar-refractivity contribution < 1.29 is 48.7 Å². The SMILES string of the molecule is COc1cc(F)c(-c2ccc(S(N)(=O)=O)cc2)cc1C(=O)N[C@@H]1[C@H]2CC[C@H](C2)[C@@H]1C(=O)Nc1cccc(S(=O)(=O)C(F)(F)F)c1. The van der Waals surface area contributed by atoms with Crippen LogP contribution in [-0.2, 0) is 24.7 Å². The number of hydrogen-bond donors (Lipinski definition) is 3. The van der Waals surface area contributed by atoms with Crippen LogP contribution < -0.4 is 20.5 Å². The lowest BCUT2D eigenvalue weighted by Gasteiger charge is -2.31. The second-order valence-corrected chi connectivity index (χ2v) is 14.4. The normalized spacial score (nSPS) is 21.4. The van der Waals surface area contributed by atoms with E-state index in [9.17, 15) is 39.6 Å². The zero-order valence-corrected chi connectivity index (χ0v) is 25.1. The molecule has 2 amide bonds. The van der Waals surface area contributed by atoms with E-state index in [1.165, 1.54) is 43.5 Å². The summed E-state index contributed by atoms with van der Waals surface area (Å²) >= 11 is 0. The zero-order valence-electron chi connectivity index (χ0n) is 23.5. The third kappa shape index (κ3) is 6.26. The molecule has 2 fully saturated rings. The van der Waals surface area contributed by atoms with Crippen LogP contribution in [0.5, 0.6) is 5.75 Å². The number of anilines is 1. The lowest BCUT2D eigenvalue weighted by molar-refractivity contribution is -0.122. The summed E-state index contributed by atoms with van der Waals surface area (Å²) in [6, 6.07) is 10.4. The number of hydrogen-bond acceptors (Lipinski definition) is 7. The van der Waals surface area contributed by atoms with Gasteiger partial charge in [-0.25, -0.2) is 26.4 Å². The van der Waals surface area contributed by atoms with Crippen LogP contribution in [0.4, 0.5) is 23.2 Å². The van der Waals surface area contributed by atoms with Crippen molar-refractivity contribution in [2.24, 2.45) is 22.9 Å². The van der Waals surface area contributed by atoms with E-state index in [0.717, 1.165) is 24.3 Å². The molecule has 0 aliphatic heterocycles. The van der Waals surface area contributed by atoms with Gasteiger partial charge in [-0.1, -0.05) is 18.2 Å². The molecule has 0 heterocycles. The van der Waals surface area contributed by atoms with Crippen molar-refractivity contribution in [3.05, 3.63) is 72.0 Å². The number of methoxy groups -OCH3 is 1. The van der Waals surface area contributed by atoms with Crippen molar-refractivity contribution in [2.75, 3.05) is 12.4 Å². The Kier molecular flexibility index (Phi) is 8.44. The standard InChI is InChI=1S/C29H27F4N3O7S2/c1-43-24-14-23(30)21(15-7-9-19(10-8-15)45(34,41)42)13-22(24)27(37)36-26-17-6-5-16(11-17)25(26)28(38)35-18-3-2-4-20(12-18)44(39,40)29(31,32)33/h2-4,7-10,12-14,16-17,25-26H,5-6,11H2,1H3,(H,35,38)(H,36,37)(H2,34,41,42)/t16-,17+,25+,26-/m1/s1. The quantitative estimate of drug-likeness (QED) is 0.303. The molecule has 4 N–H and O–H groups in total. The Hall–Kier alpha value is -4.02. The van der Waals surface area contributed by atoms with E-state index in [1.54, 1.807) is 0 Å². The summed E-state index contributed by atoms with van der Waals surface area (Å²) in [6.07, 6.45) is 1.99. The number of sulfone groups is 1. The number of halogens is 4. The molecule has 0 saturated heterocycles. The second-order valence-electron chi connectivity index (χ2n) is 10.9. The third-order valence-corrected chi connectivity index (χ3v) is 10.7. The van der Waals surface area contributed by atoms with Gasteiger partial charge >= 0.3 is 5.51 Å². The number of carbonyl (C=O) groups is 2. The van der Waals surface area contributed by atoms with Gasteiger partial charge in [0, 0.05) is 23.4 Å². The highest BCUT2D eigenvalue weighted by atomic mass is 32.2. The van der Waals surface area contributed by atoms with Crippen LogP contribution in [0.25, 0.3) is 11.1 Å². The molecule has 5 rings (SSSR count). The lowest BCUT2D eigenvalue weighted by atomic mass is 9.83. The molecule has 2 bridgehead atoms. The molecule has 45 heavy (non-hydrogen) atoms. The van der Waals surface area contributed by atoms with E-state index in [4.69, 9.17) is 9.88 Å². The average Bonchev–Trinajstić information content (AvgIpc) is 3.58. The van der Waals surface area contributed by atoms with Crippen molar-refractivity contribution in [3.63, 3.8) is 0 Å². The fourth-order valence-electron chi connectivity index (χ4n) is 6.15. The Morgan fingerprint density at radius 2 is 1.60 bits per heavy atom. The summed E-state index contributed by atoms with van der Waals surface area (Å²) in [7, 11) is -8.39. The maximum atomic E-state index is 15.1. The number of sulfonamides is 1. The number of fused-ring (bicyclic) bond motifs is 2. The van der Waals surface area contributed by atoms with Gasteiger partial charge in [0.05, 0.1) is 28.4 Å². The fourth-order valence-corrected chi connectivity index (χ4v) is 7.47. The van der Waals surface area contributed by atoms with Crippen molar-refractivity contribution >= 4 is 37.4 Å². The van der Waals surface area contributed by atoms with Gasteiger partial charge in [-0.15, -0.1) is 0 Å². The van der Waals surface area contributed by atoms with Crippen LogP contribution in [0.2, 0.25) is 0 Å². The largest absolute Gasteiger partial charge is 0.501 e. The van der Waals surface area contributed by atoms with E-state index >= 15 is 4.39 Å². The molecule has 3 aromatic carbocycles. The van der Waals surface area contributed by atoms with Crippen LogP contribution in [0, 0.1) is 23.6 Å². The van der Waals surface area contributed by atoms with E-state index in [-0.39, 0.29) is 44.9 Å². The van der Waals surface area contributed by atoms with Gasteiger partial charge in [-0.3, -0.25) is 9.59 Å². The minimum Gasteiger partial charge on any atom is -0.496 e. The van der Waals surface area contributed by atoms with Crippen molar-refractivity contribution in [1.82, 2.24) is 5.32 Å². The number of primary sulfonamides is 1. The predicted octanol–water partition coefficient (Wildman–Crippen LogP) is 4.23. The Morgan fingerprint density at radius 3 is 2.22 bits per heavy atom. The first kappa shape index (κ1) is 32.4. The first-order chi connectivity index (χ1) is 21.0. The molecule has 10 nitrogen and oxygen atoms in total. The van der Waals surface area contributed by atoms with E-state index in [0.29, 0.717) is 19.3 Å². The third-order valence-electron chi connectivity index (χ3n) is 8.26. The number of alkyl halides is 3. The highest BCUT2D eigenvalue weighted by Crippen LogP contribution is 2.49. The van der Waals surface area contributed by atoms with Gasteiger partial charge in [0.15, 0.2) is 0 Å².